The number of aliphatic hydroxyl groups excluding tert-OH is 2. The summed E-state index contributed by atoms with van der Waals surface area (Å²) < 4.78 is 49.7. The van der Waals surface area contributed by atoms with Crippen molar-refractivity contribution in [1.29, 1.82) is 0 Å². The van der Waals surface area contributed by atoms with E-state index in [1.165, 1.54) is 64.2 Å². The van der Waals surface area contributed by atoms with Crippen LogP contribution in [0, 0.1) is 0 Å². The number of benzene rings is 2. The van der Waals surface area contributed by atoms with Gasteiger partial charge in [0, 0.05) is 11.4 Å². The average molecular weight is 769 g/mol. The topological polar surface area (TPSA) is 139 Å². The third-order valence-corrected chi connectivity index (χ3v) is 10.4. The van der Waals surface area contributed by atoms with Crippen LogP contribution in [0.5, 0.6) is 0 Å². The van der Waals surface area contributed by atoms with Crippen molar-refractivity contribution >= 4 is 31.4 Å². The van der Waals surface area contributed by atoms with Crippen molar-refractivity contribution in [2.45, 2.75) is 130 Å². The number of nitrogens with one attached hydrogen (secondary N) is 2. The van der Waals surface area contributed by atoms with Gasteiger partial charge in [-0.25, -0.2) is 16.8 Å². The highest BCUT2D eigenvalue weighted by atomic mass is 32.2. The molecule has 300 valence electrons. The Morgan fingerprint density at radius 3 is 1.10 bits per heavy atom. The molecule has 0 aliphatic carbocycles. The lowest BCUT2D eigenvalue weighted by Gasteiger charge is -2.21. The normalized spacial score (nSPS) is 13.1. The van der Waals surface area contributed by atoms with E-state index < -0.39 is 32.3 Å². The fourth-order valence-corrected chi connectivity index (χ4v) is 7.19. The van der Waals surface area contributed by atoms with Crippen molar-refractivity contribution in [1.82, 2.24) is 9.80 Å². The number of hydrogen-bond donors (Lipinski definition) is 4. The van der Waals surface area contributed by atoms with E-state index in [1.54, 1.807) is 48.5 Å². The molecule has 2 aromatic carbocycles. The summed E-state index contributed by atoms with van der Waals surface area (Å²) in [6, 6.07) is 13.9. The smallest absolute Gasteiger partial charge is 0.229 e. The van der Waals surface area contributed by atoms with E-state index in [9.17, 15) is 27.0 Å². The minimum absolute atomic E-state index is 0.509. The van der Waals surface area contributed by atoms with Crippen LogP contribution in [0.4, 0.5) is 11.4 Å². The molecule has 0 aliphatic heterocycles. The van der Waals surface area contributed by atoms with Gasteiger partial charge in [-0.15, -0.1) is 0 Å². The van der Waals surface area contributed by atoms with Gasteiger partial charge in [-0.3, -0.25) is 9.44 Å². The van der Waals surface area contributed by atoms with E-state index in [0.29, 0.717) is 24.2 Å². The summed E-state index contributed by atoms with van der Waals surface area (Å²) in [6.07, 6.45) is 17.6. The van der Waals surface area contributed by atoms with Crippen LogP contribution in [0.3, 0.4) is 0 Å². The lowest BCUT2D eigenvalue weighted by atomic mass is 10.0. The molecule has 2 aromatic rings. The highest BCUT2D eigenvalue weighted by Gasteiger charge is 2.12. The molecule has 0 saturated carbocycles. The first-order valence-electron chi connectivity index (χ1n) is 19.7. The number of anilines is 2. The number of nitrogens with zero attached hydrogens (tertiary/aromatic N) is 2. The van der Waals surface area contributed by atoms with E-state index in [4.69, 9.17) is 0 Å². The van der Waals surface area contributed by atoms with Crippen molar-refractivity contribution in [3.05, 3.63) is 59.7 Å². The molecular formula is C40H72N4O6S2. The molecule has 0 fully saturated rings. The molecule has 2 unspecified atom stereocenters. The second kappa shape index (κ2) is 27.4. The Morgan fingerprint density at radius 2 is 0.808 bits per heavy atom. The number of aliphatic hydroxyl groups is 2. The molecule has 0 amide bonds. The molecule has 10 nitrogen and oxygen atoms in total. The lowest BCUT2D eigenvalue weighted by molar-refractivity contribution is 0.155. The van der Waals surface area contributed by atoms with Gasteiger partial charge in [0.15, 0.2) is 0 Å². The summed E-state index contributed by atoms with van der Waals surface area (Å²) in [5.74, 6) is 0. The maximum absolute atomic E-state index is 11.2. The molecule has 2 rings (SSSR count). The molecule has 0 heterocycles. The highest BCUT2D eigenvalue weighted by molar-refractivity contribution is 7.92. The first kappa shape index (κ1) is 47.8. The Bertz CT molecular complexity index is 1280. The van der Waals surface area contributed by atoms with E-state index in [0.717, 1.165) is 75.7 Å². The minimum atomic E-state index is -3.27. The van der Waals surface area contributed by atoms with Crippen molar-refractivity contribution in [2.24, 2.45) is 0 Å². The van der Waals surface area contributed by atoms with E-state index in [-0.39, 0.29) is 0 Å². The predicted molar refractivity (Wildman–Crippen MR) is 220 cm³/mol. The van der Waals surface area contributed by atoms with E-state index >= 15 is 0 Å². The van der Waals surface area contributed by atoms with Crippen LogP contribution >= 0.6 is 0 Å². The monoisotopic (exact) mass is 768 g/mol. The quantitative estimate of drug-likeness (QED) is 0.0634. The van der Waals surface area contributed by atoms with Crippen molar-refractivity contribution in [3.63, 3.8) is 0 Å². The van der Waals surface area contributed by atoms with Crippen molar-refractivity contribution in [2.75, 3.05) is 61.2 Å². The lowest BCUT2D eigenvalue weighted by Crippen LogP contribution is -2.26. The van der Waals surface area contributed by atoms with Gasteiger partial charge in [0.2, 0.25) is 20.0 Å². The maximum Gasteiger partial charge on any atom is 0.229 e. The molecule has 0 radical (unpaired) electrons. The molecule has 0 bridgehead atoms. The molecule has 0 spiro atoms. The standard InChI is InChI=1S/2C20H36N2O3S/c2*1-4-6-7-8-9-16-22(5-2)17-10-11-20(23)18-12-14-19(15-13-18)21-26(3,24)25/h2*12-15,20-21,23H,4-11,16-17H2,1-3H3. The highest BCUT2D eigenvalue weighted by Crippen LogP contribution is 2.22. The summed E-state index contributed by atoms with van der Waals surface area (Å²) in [6.45, 7) is 15.3. The first-order valence-corrected chi connectivity index (χ1v) is 23.5. The number of rotatable bonds is 28. The Kier molecular flexibility index (Phi) is 25.2. The van der Waals surface area contributed by atoms with Crippen LogP contribution in [-0.2, 0) is 20.0 Å². The second-order valence-electron chi connectivity index (χ2n) is 14.0. The van der Waals surface area contributed by atoms with Gasteiger partial charge < -0.3 is 20.0 Å². The Hall–Kier alpha value is -2.22. The third kappa shape index (κ3) is 24.2. The molecule has 2 atom stereocenters. The van der Waals surface area contributed by atoms with Gasteiger partial charge in [-0.2, -0.15) is 0 Å². The van der Waals surface area contributed by atoms with Crippen LogP contribution in [-0.4, -0.2) is 88.6 Å². The molecule has 0 aromatic heterocycles. The summed E-state index contributed by atoms with van der Waals surface area (Å²) in [5.41, 5.74) is 2.69. The minimum Gasteiger partial charge on any atom is -0.388 e. The van der Waals surface area contributed by atoms with Crippen LogP contribution < -0.4 is 9.44 Å². The summed E-state index contributed by atoms with van der Waals surface area (Å²) in [5, 5.41) is 20.7. The van der Waals surface area contributed by atoms with Crippen LogP contribution in [0.1, 0.15) is 141 Å². The summed E-state index contributed by atoms with van der Waals surface area (Å²) >= 11 is 0. The zero-order valence-electron chi connectivity index (χ0n) is 33.2. The zero-order chi connectivity index (χ0) is 38.8. The number of hydrogen-bond acceptors (Lipinski definition) is 8. The van der Waals surface area contributed by atoms with Gasteiger partial charge in [-0.1, -0.05) is 103 Å². The van der Waals surface area contributed by atoms with Gasteiger partial charge in [0.05, 0.1) is 24.7 Å². The number of unbranched alkanes of at least 4 members (excludes halogenated alkanes) is 8. The molecule has 0 aliphatic rings. The van der Waals surface area contributed by atoms with Gasteiger partial charge in [0.1, 0.15) is 0 Å². The molecule has 52 heavy (non-hydrogen) atoms. The zero-order valence-corrected chi connectivity index (χ0v) is 34.8. The Labute approximate surface area is 317 Å². The first-order chi connectivity index (χ1) is 24.7. The Morgan fingerprint density at radius 1 is 0.500 bits per heavy atom. The van der Waals surface area contributed by atoms with Gasteiger partial charge in [-0.05, 0) is 113 Å². The van der Waals surface area contributed by atoms with Crippen LogP contribution in [0.15, 0.2) is 48.5 Å². The fourth-order valence-electron chi connectivity index (χ4n) is 6.06. The predicted octanol–water partition coefficient (Wildman–Crippen LogP) is 8.33. The SMILES string of the molecule is CCCCCCCN(CC)CCCC(O)c1ccc(NS(C)(=O)=O)cc1.CCCCCCCN(CC)CCCC(O)c1ccc(NS(C)(=O)=O)cc1. The summed E-state index contributed by atoms with van der Waals surface area (Å²) in [7, 11) is -6.54. The van der Waals surface area contributed by atoms with Crippen LogP contribution in [0.25, 0.3) is 0 Å². The average Bonchev–Trinajstić information content (AvgIpc) is 3.09. The largest absolute Gasteiger partial charge is 0.388 e. The van der Waals surface area contributed by atoms with Crippen LogP contribution in [0.2, 0.25) is 0 Å². The fraction of sp³-hybridized carbons (Fsp3) is 0.700. The summed E-state index contributed by atoms with van der Waals surface area (Å²) in [4.78, 5) is 4.91. The van der Waals surface area contributed by atoms with Gasteiger partial charge >= 0.3 is 0 Å². The molecule has 12 heteroatoms. The molecule has 4 N–H and O–H groups in total. The van der Waals surface area contributed by atoms with E-state index in [2.05, 4.69) is 46.9 Å². The molecular weight excluding hydrogens is 697 g/mol. The maximum atomic E-state index is 11.2. The second-order valence-corrected chi connectivity index (χ2v) is 17.5. The van der Waals surface area contributed by atoms with E-state index in [1.807, 2.05) is 0 Å². The van der Waals surface area contributed by atoms with Crippen molar-refractivity contribution in [3.8, 4) is 0 Å². The Balaban J connectivity index is 0.000000520. The third-order valence-electron chi connectivity index (χ3n) is 9.15. The molecule has 0 saturated heterocycles. The van der Waals surface area contributed by atoms with Crippen molar-refractivity contribution < 1.29 is 27.0 Å². The number of sulfonamides is 2. The van der Waals surface area contributed by atoms with Gasteiger partial charge in [0.25, 0.3) is 0 Å².